The van der Waals surface area contributed by atoms with Gasteiger partial charge in [0.2, 0.25) is 0 Å². The topological polar surface area (TPSA) is 3.24 Å². The monoisotopic (exact) mass is 181 g/mol. The second-order valence-electron chi connectivity index (χ2n) is 4.66. The van der Waals surface area contributed by atoms with Gasteiger partial charge in [-0.15, -0.1) is 0 Å². The molecule has 0 bridgehead atoms. The van der Waals surface area contributed by atoms with Gasteiger partial charge in [-0.3, -0.25) is 4.90 Å². The van der Waals surface area contributed by atoms with Crippen LogP contribution in [0.15, 0.2) is 11.6 Å². The first kappa shape index (κ1) is 10.8. The number of rotatable bonds is 2. The van der Waals surface area contributed by atoms with Crippen molar-refractivity contribution in [1.29, 1.82) is 0 Å². The van der Waals surface area contributed by atoms with Gasteiger partial charge in [-0.1, -0.05) is 25.5 Å². The zero-order valence-corrected chi connectivity index (χ0v) is 9.67. The third kappa shape index (κ3) is 2.34. The molecule has 0 saturated carbocycles. The van der Waals surface area contributed by atoms with Crippen LogP contribution in [-0.4, -0.2) is 23.5 Å². The normalized spacial score (nSPS) is 25.5. The van der Waals surface area contributed by atoms with E-state index in [0.29, 0.717) is 18.0 Å². The summed E-state index contributed by atoms with van der Waals surface area (Å²) in [7, 11) is 0. The van der Waals surface area contributed by atoms with Crippen molar-refractivity contribution < 1.29 is 0 Å². The van der Waals surface area contributed by atoms with Gasteiger partial charge in [-0.2, -0.15) is 0 Å². The van der Waals surface area contributed by atoms with Crippen molar-refractivity contribution in [3.63, 3.8) is 0 Å². The summed E-state index contributed by atoms with van der Waals surface area (Å²) >= 11 is 0. The summed E-state index contributed by atoms with van der Waals surface area (Å²) in [6.07, 6.45) is 3.67. The maximum absolute atomic E-state index is 2.59. The average molecular weight is 181 g/mol. The van der Waals surface area contributed by atoms with Crippen LogP contribution >= 0.6 is 0 Å². The Morgan fingerprint density at radius 3 is 2.38 bits per heavy atom. The number of nitrogens with zero attached hydrogens (tertiary/aromatic N) is 1. The van der Waals surface area contributed by atoms with Gasteiger partial charge in [0, 0.05) is 18.6 Å². The molecule has 0 fully saturated rings. The Hall–Kier alpha value is -0.300. The van der Waals surface area contributed by atoms with Crippen molar-refractivity contribution in [2.45, 2.75) is 53.1 Å². The number of hydrogen-bond acceptors (Lipinski definition) is 1. The van der Waals surface area contributed by atoms with Gasteiger partial charge >= 0.3 is 0 Å². The molecule has 0 radical (unpaired) electrons. The van der Waals surface area contributed by atoms with Crippen LogP contribution < -0.4 is 0 Å². The van der Waals surface area contributed by atoms with Crippen LogP contribution in [0.1, 0.15) is 41.0 Å². The molecule has 76 valence electrons. The summed E-state index contributed by atoms with van der Waals surface area (Å²) < 4.78 is 0. The van der Waals surface area contributed by atoms with E-state index >= 15 is 0 Å². The lowest BCUT2D eigenvalue weighted by molar-refractivity contribution is 0.171. The third-order valence-corrected chi connectivity index (χ3v) is 3.08. The van der Waals surface area contributed by atoms with Crippen LogP contribution in [0.25, 0.3) is 0 Å². The van der Waals surface area contributed by atoms with E-state index in [9.17, 15) is 0 Å². The first-order valence-electron chi connectivity index (χ1n) is 5.49. The molecule has 0 aromatic rings. The Labute approximate surface area is 82.8 Å². The summed E-state index contributed by atoms with van der Waals surface area (Å²) in [5.41, 5.74) is 1.62. The summed E-state index contributed by atoms with van der Waals surface area (Å²) in [6.45, 7) is 12.7. The molecule has 0 aliphatic carbocycles. The van der Waals surface area contributed by atoms with Crippen molar-refractivity contribution in [2.75, 3.05) is 6.54 Å². The van der Waals surface area contributed by atoms with E-state index in [2.05, 4.69) is 45.6 Å². The maximum atomic E-state index is 2.59. The van der Waals surface area contributed by atoms with Gasteiger partial charge in [-0.05, 0) is 33.1 Å². The van der Waals surface area contributed by atoms with Crippen LogP contribution in [0, 0.1) is 5.92 Å². The zero-order chi connectivity index (χ0) is 10.0. The molecule has 0 amide bonds. The lowest BCUT2D eigenvalue weighted by atomic mass is 9.91. The van der Waals surface area contributed by atoms with Crippen molar-refractivity contribution in [3.8, 4) is 0 Å². The van der Waals surface area contributed by atoms with Crippen LogP contribution in [0.4, 0.5) is 0 Å². The summed E-state index contributed by atoms with van der Waals surface area (Å²) in [6, 6.07) is 1.33. The minimum Gasteiger partial charge on any atom is -0.294 e. The fourth-order valence-electron chi connectivity index (χ4n) is 2.36. The standard InChI is InChI=1S/C12H23N/c1-9(2)12-7-6-8-13(10(3)4)11(12)5/h7,9-11H,6,8H2,1-5H3/t11-/m1/s1. The highest BCUT2D eigenvalue weighted by Crippen LogP contribution is 2.25. The molecule has 0 N–H and O–H groups in total. The molecule has 0 aromatic heterocycles. The first-order chi connectivity index (χ1) is 6.04. The van der Waals surface area contributed by atoms with Gasteiger partial charge in [0.05, 0.1) is 0 Å². The Kier molecular flexibility index (Phi) is 3.55. The van der Waals surface area contributed by atoms with E-state index in [0.717, 1.165) is 0 Å². The predicted molar refractivity (Wildman–Crippen MR) is 58.8 cm³/mol. The second kappa shape index (κ2) is 4.28. The van der Waals surface area contributed by atoms with Crippen LogP contribution in [-0.2, 0) is 0 Å². The minimum absolute atomic E-state index is 0.647. The third-order valence-electron chi connectivity index (χ3n) is 3.08. The number of hydrogen-bond donors (Lipinski definition) is 0. The lowest BCUT2D eigenvalue weighted by Gasteiger charge is -2.38. The molecule has 1 nitrogen and oxygen atoms in total. The summed E-state index contributed by atoms with van der Waals surface area (Å²) in [4.78, 5) is 2.59. The highest BCUT2D eigenvalue weighted by Gasteiger charge is 2.24. The Morgan fingerprint density at radius 2 is 1.92 bits per heavy atom. The Bertz CT molecular complexity index is 191. The van der Waals surface area contributed by atoms with Gasteiger partial charge < -0.3 is 0 Å². The molecule has 0 saturated heterocycles. The van der Waals surface area contributed by atoms with E-state index in [1.165, 1.54) is 13.0 Å². The largest absolute Gasteiger partial charge is 0.294 e. The molecule has 1 atom stereocenters. The van der Waals surface area contributed by atoms with Crippen LogP contribution in [0.5, 0.6) is 0 Å². The second-order valence-corrected chi connectivity index (χ2v) is 4.66. The molecule has 1 rings (SSSR count). The fraction of sp³-hybridized carbons (Fsp3) is 0.833. The van der Waals surface area contributed by atoms with E-state index < -0.39 is 0 Å². The van der Waals surface area contributed by atoms with Gasteiger partial charge in [-0.25, -0.2) is 0 Å². The van der Waals surface area contributed by atoms with E-state index in [-0.39, 0.29) is 0 Å². The van der Waals surface area contributed by atoms with E-state index in [1.807, 2.05) is 0 Å². The quantitative estimate of drug-likeness (QED) is 0.592. The molecular formula is C12H23N. The molecular weight excluding hydrogens is 158 g/mol. The Morgan fingerprint density at radius 1 is 1.31 bits per heavy atom. The van der Waals surface area contributed by atoms with Gasteiger partial charge in [0.15, 0.2) is 0 Å². The van der Waals surface area contributed by atoms with E-state index in [1.54, 1.807) is 5.57 Å². The SMILES string of the molecule is CC(C)C1=CCCN(C(C)C)[C@@H]1C. The summed E-state index contributed by atoms with van der Waals surface area (Å²) in [5, 5.41) is 0. The van der Waals surface area contributed by atoms with E-state index in [4.69, 9.17) is 0 Å². The molecule has 0 aromatic carbocycles. The Balaban J connectivity index is 2.73. The van der Waals surface area contributed by atoms with Crippen molar-refractivity contribution >= 4 is 0 Å². The summed E-state index contributed by atoms with van der Waals surface area (Å²) in [5.74, 6) is 0.705. The van der Waals surface area contributed by atoms with Crippen molar-refractivity contribution in [3.05, 3.63) is 11.6 Å². The fourth-order valence-corrected chi connectivity index (χ4v) is 2.36. The molecule has 0 unspecified atom stereocenters. The average Bonchev–Trinajstić information content (AvgIpc) is 2.03. The minimum atomic E-state index is 0.647. The zero-order valence-electron chi connectivity index (χ0n) is 9.67. The highest BCUT2D eigenvalue weighted by atomic mass is 15.2. The smallest absolute Gasteiger partial charge is 0.0284 e. The van der Waals surface area contributed by atoms with Crippen molar-refractivity contribution in [1.82, 2.24) is 4.90 Å². The lowest BCUT2D eigenvalue weighted by Crippen LogP contribution is -2.43. The molecule has 0 spiro atoms. The molecule has 1 aliphatic heterocycles. The van der Waals surface area contributed by atoms with Crippen LogP contribution in [0.2, 0.25) is 0 Å². The first-order valence-corrected chi connectivity index (χ1v) is 5.49. The van der Waals surface area contributed by atoms with Crippen LogP contribution in [0.3, 0.4) is 0 Å². The van der Waals surface area contributed by atoms with Gasteiger partial charge in [0.25, 0.3) is 0 Å². The maximum Gasteiger partial charge on any atom is 0.0284 e. The molecule has 1 heteroatoms. The van der Waals surface area contributed by atoms with Gasteiger partial charge in [0.1, 0.15) is 0 Å². The molecule has 1 heterocycles. The molecule has 13 heavy (non-hydrogen) atoms. The van der Waals surface area contributed by atoms with Crippen molar-refractivity contribution in [2.24, 2.45) is 5.92 Å². The predicted octanol–water partition coefficient (Wildman–Crippen LogP) is 3.07. The molecule has 1 aliphatic rings. The highest BCUT2D eigenvalue weighted by molar-refractivity contribution is 5.15.